The summed E-state index contributed by atoms with van der Waals surface area (Å²) in [6, 6.07) is 14.3. The Bertz CT molecular complexity index is 1440. The van der Waals surface area contributed by atoms with Gasteiger partial charge in [0, 0.05) is 25.3 Å². The molecule has 5 N–H and O–H groups in total. The van der Waals surface area contributed by atoms with Gasteiger partial charge in [-0.3, -0.25) is 0 Å². The van der Waals surface area contributed by atoms with E-state index in [1.807, 2.05) is 44.2 Å². The molecule has 0 bridgehead atoms. The van der Waals surface area contributed by atoms with E-state index in [-0.39, 0.29) is 55.3 Å². The molecule has 2 aromatic rings. The van der Waals surface area contributed by atoms with E-state index in [2.05, 4.69) is 10.6 Å². The van der Waals surface area contributed by atoms with Gasteiger partial charge in [0.15, 0.2) is 6.29 Å². The van der Waals surface area contributed by atoms with Gasteiger partial charge in [0.05, 0.1) is 42.3 Å². The molecule has 2 aromatic carbocycles. The average Bonchev–Trinajstić information content (AvgIpc) is 3.61. The van der Waals surface area contributed by atoms with Gasteiger partial charge in [0.2, 0.25) is 10.0 Å². The van der Waals surface area contributed by atoms with Gasteiger partial charge in [-0.2, -0.15) is 4.31 Å². The van der Waals surface area contributed by atoms with Crippen LogP contribution in [0.3, 0.4) is 0 Å². The van der Waals surface area contributed by atoms with Crippen molar-refractivity contribution < 1.29 is 42.1 Å². The first-order valence-electron chi connectivity index (χ1n) is 16.0. The van der Waals surface area contributed by atoms with Crippen LogP contribution in [-0.4, -0.2) is 93.5 Å². The lowest BCUT2D eigenvalue weighted by Crippen LogP contribution is -2.52. The summed E-state index contributed by atoms with van der Waals surface area (Å²) < 4.78 is 51.3. The second kappa shape index (κ2) is 16.1. The zero-order valence-electron chi connectivity index (χ0n) is 27.5. The van der Waals surface area contributed by atoms with Crippen LogP contribution in [0, 0.1) is 11.3 Å². The highest BCUT2D eigenvalue weighted by atomic mass is 32.2. The number of aliphatic hydroxyl groups excluding tert-OH is 1. The van der Waals surface area contributed by atoms with Gasteiger partial charge in [-0.05, 0) is 62.3 Å². The molecule has 2 aliphatic heterocycles. The van der Waals surface area contributed by atoms with Crippen molar-refractivity contribution >= 4 is 27.9 Å². The summed E-state index contributed by atoms with van der Waals surface area (Å²) in [5, 5.41) is 17.2. The lowest BCUT2D eigenvalue weighted by Gasteiger charge is -2.35. The maximum Gasteiger partial charge on any atom is 0.407 e. The first-order valence-corrected chi connectivity index (χ1v) is 17.4. The van der Waals surface area contributed by atoms with Crippen LogP contribution in [0.15, 0.2) is 59.5 Å². The Kier molecular flexibility index (Phi) is 12.5. The fraction of sp³-hybridized carbons (Fsp3) is 0.576. The summed E-state index contributed by atoms with van der Waals surface area (Å²) in [5.41, 5.74) is 6.39. The number of fused-ring (bicyclic) bond motifs is 1. The lowest BCUT2D eigenvalue weighted by atomic mass is 9.89. The Labute approximate surface area is 277 Å². The molecule has 47 heavy (non-hydrogen) atoms. The Balaban J connectivity index is 1.53. The fourth-order valence-corrected chi connectivity index (χ4v) is 7.45. The van der Waals surface area contributed by atoms with Crippen molar-refractivity contribution in [1.82, 2.24) is 14.9 Å². The smallest absolute Gasteiger partial charge is 0.407 e. The topological polar surface area (TPSA) is 179 Å². The quantitative estimate of drug-likeness (QED) is 0.205. The zero-order chi connectivity index (χ0) is 34.2. The Morgan fingerprint density at radius 2 is 1.85 bits per heavy atom. The maximum atomic E-state index is 14.1. The van der Waals surface area contributed by atoms with Crippen LogP contribution < -0.4 is 16.4 Å². The molecule has 0 radical (unpaired) electrons. The van der Waals surface area contributed by atoms with Crippen LogP contribution in [0.25, 0.3) is 0 Å². The van der Waals surface area contributed by atoms with Crippen molar-refractivity contribution in [1.29, 1.82) is 0 Å². The SMILES string of the molecule is CC(C)OC(=O)NCCC(C)(C)CN(C[C@@H](O)[C@H](Cc1ccccc1)NC(=O)O[C@H]1CO[C@H]2OCC[C@H]21)S(=O)(=O)c1cccc(N)c1. The Hall–Kier alpha value is -3.43. The highest BCUT2D eigenvalue weighted by molar-refractivity contribution is 7.89. The van der Waals surface area contributed by atoms with E-state index < -0.39 is 52.2 Å². The Morgan fingerprint density at radius 3 is 2.55 bits per heavy atom. The molecule has 14 heteroatoms. The maximum absolute atomic E-state index is 14.1. The minimum atomic E-state index is -4.17. The number of carbonyl (C=O) groups excluding carboxylic acids is 2. The summed E-state index contributed by atoms with van der Waals surface area (Å²) in [6.45, 7) is 7.87. The number of sulfonamides is 1. The number of aliphatic hydroxyl groups is 1. The van der Waals surface area contributed by atoms with E-state index >= 15 is 0 Å². The number of hydrogen-bond acceptors (Lipinski definition) is 10. The number of amides is 2. The van der Waals surface area contributed by atoms with Crippen molar-refractivity contribution in [3.8, 4) is 0 Å². The molecule has 0 aliphatic carbocycles. The number of nitrogens with two attached hydrogens (primary N) is 1. The van der Waals surface area contributed by atoms with Gasteiger partial charge < -0.3 is 40.4 Å². The van der Waals surface area contributed by atoms with Crippen molar-refractivity contribution in [3.63, 3.8) is 0 Å². The molecule has 4 rings (SSSR count). The lowest BCUT2D eigenvalue weighted by molar-refractivity contribution is -0.0907. The molecule has 0 aromatic heterocycles. The minimum absolute atomic E-state index is 0.00686. The first kappa shape index (κ1) is 36.4. The van der Waals surface area contributed by atoms with Crippen LogP contribution in [-0.2, 0) is 35.4 Å². The van der Waals surface area contributed by atoms with Crippen molar-refractivity contribution in [3.05, 3.63) is 60.2 Å². The number of hydrogen-bond donors (Lipinski definition) is 4. The van der Waals surface area contributed by atoms with Crippen LogP contribution in [0.5, 0.6) is 0 Å². The number of benzene rings is 2. The third kappa shape index (κ3) is 10.5. The molecule has 2 saturated heterocycles. The number of nitrogens with one attached hydrogen (secondary N) is 2. The van der Waals surface area contributed by atoms with Gasteiger partial charge >= 0.3 is 12.2 Å². The van der Waals surface area contributed by atoms with Gasteiger partial charge in [-0.25, -0.2) is 18.0 Å². The minimum Gasteiger partial charge on any atom is -0.447 e. The Morgan fingerprint density at radius 1 is 1.11 bits per heavy atom. The molecule has 260 valence electrons. The second-order valence-corrected chi connectivity index (χ2v) is 15.1. The highest BCUT2D eigenvalue weighted by Gasteiger charge is 2.44. The van der Waals surface area contributed by atoms with Crippen LogP contribution >= 0.6 is 0 Å². The zero-order valence-corrected chi connectivity index (χ0v) is 28.3. The molecular formula is C33H48N4O9S. The molecule has 2 amide bonds. The molecular weight excluding hydrogens is 628 g/mol. The fourth-order valence-electron chi connectivity index (χ4n) is 5.74. The third-order valence-electron chi connectivity index (χ3n) is 8.21. The second-order valence-electron chi connectivity index (χ2n) is 13.1. The van der Waals surface area contributed by atoms with Gasteiger partial charge in [0.1, 0.15) is 6.10 Å². The standard InChI is InChI=1S/C33H48N4O9S/c1-22(2)45-31(39)35-15-14-33(3,4)21-37(47(41,42)25-12-8-11-24(34)18-25)19-28(38)27(17-23-9-6-5-7-10-23)36-32(40)46-29-20-44-30-26(29)13-16-43-30/h5-12,18,22,26-30,38H,13-17,19-21,34H2,1-4H3,(H,35,39)(H,36,40)/t26-,27-,28+,29-,30+/m0/s1. The number of alkyl carbamates (subject to hydrolysis) is 2. The molecule has 13 nitrogen and oxygen atoms in total. The first-order chi connectivity index (χ1) is 22.2. The summed E-state index contributed by atoms with van der Waals surface area (Å²) in [5.74, 6) is -0.0684. The number of ether oxygens (including phenoxy) is 4. The number of rotatable bonds is 15. The molecule has 2 fully saturated rings. The summed E-state index contributed by atoms with van der Waals surface area (Å²) >= 11 is 0. The largest absolute Gasteiger partial charge is 0.447 e. The normalized spacial score (nSPS) is 20.9. The van der Waals surface area contributed by atoms with E-state index in [1.54, 1.807) is 26.0 Å². The van der Waals surface area contributed by atoms with Gasteiger partial charge in [-0.15, -0.1) is 0 Å². The van der Waals surface area contributed by atoms with E-state index in [0.29, 0.717) is 19.4 Å². The van der Waals surface area contributed by atoms with Crippen molar-refractivity contribution in [2.45, 2.75) is 82.5 Å². The summed E-state index contributed by atoms with van der Waals surface area (Å²) in [7, 11) is -4.17. The van der Waals surface area contributed by atoms with Crippen molar-refractivity contribution in [2.75, 3.05) is 38.6 Å². The van der Waals surface area contributed by atoms with E-state index in [9.17, 15) is 23.1 Å². The van der Waals surface area contributed by atoms with Crippen LogP contribution in [0.2, 0.25) is 0 Å². The molecule has 0 unspecified atom stereocenters. The van der Waals surface area contributed by atoms with Crippen LogP contribution in [0.1, 0.15) is 46.1 Å². The average molecular weight is 677 g/mol. The number of nitrogens with zero attached hydrogens (tertiary/aromatic N) is 1. The molecule has 0 spiro atoms. The van der Waals surface area contributed by atoms with E-state index in [4.69, 9.17) is 24.7 Å². The van der Waals surface area contributed by atoms with E-state index in [1.165, 1.54) is 16.4 Å². The van der Waals surface area contributed by atoms with E-state index in [0.717, 1.165) is 5.56 Å². The van der Waals surface area contributed by atoms with Gasteiger partial charge in [0.25, 0.3) is 0 Å². The van der Waals surface area contributed by atoms with Crippen molar-refractivity contribution in [2.24, 2.45) is 11.3 Å². The molecule has 2 aliphatic rings. The van der Waals surface area contributed by atoms with Gasteiger partial charge in [-0.1, -0.05) is 50.2 Å². The molecule has 0 saturated carbocycles. The predicted octanol–water partition coefficient (Wildman–Crippen LogP) is 3.27. The monoisotopic (exact) mass is 676 g/mol. The number of anilines is 1. The van der Waals surface area contributed by atoms with Crippen LogP contribution in [0.4, 0.5) is 15.3 Å². The summed E-state index contributed by atoms with van der Waals surface area (Å²) in [4.78, 5) is 25.2. The highest BCUT2D eigenvalue weighted by Crippen LogP contribution is 2.33. The number of nitrogen functional groups attached to an aromatic ring is 1. The third-order valence-corrected chi connectivity index (χ3v) is 10.0. The molecule has 2 heterocycles. The summed E-state index contributed by atoms with van der Waals surface area (Å²) in [6.07, 6.45) is -2.48. The number of carbonyl (C=O) groups is 2. The molecule has 5 atom stereocenters. The predicted molar refractivity (Wildman–Crippen MR) is 175 cm³/mol.